The summed E-state index contributed by atoms with van der Waals surface area (Å²) in [6, 6.07) is 5.57. The van der Waals surface area contributed by atoms with E-state index in [4.69, 9.17) is 5.11 Å². The van der Waals surface area contributed by atoms with Gasteiger partial charge in [0, 0.05) is 20.6 Å². The van der Waals surface area contributed by atoms with E-state index in [2.05, 4.69) is 38.5 Å². The highest BCUT2D eigenvalue weighted by Crippen LogP contribution is 2.27. The van der Waals surface area contributed by atoms with Crippen LogP contribution in [-0.2, 0) is 4.79 Å². The molecule has 0 spiro atoms. The molecule has 6 heteroatoms. The summed E-state index contributed by atoms with van der Waals surface area (Å²) in [5.41, 5.74) is 0.667. The maximum Gasteiger partial charge on any atom is 0.306 e. The summed E-state index contributed by atoms with van der Waals surface area (Å²) in [5, 5.41) is 9.07. The molecule has 1 aliphatic heterocycles. The molecular weight excluding hydrogens is 437 g/mol. The second-order valence-corrected chi connectivity index (χ2v) is 7.11. The van der Waals surface area contributed by atoms with E-state index >= 15 is 0 Å². The zero-order chi connectivity index (χ0) is 14.9. The fourth-order valence-electron chi connectivity index (χ4n) is 2.51. The summed E-state index contributed by atoms with van der Waals surface area (Å²) in [7, 11) is 0. The third-order valence-electron chi connectivity index (χ3n) is 3.65. The van der Waals surface area contributed by atoms with Crippen LogP contribution < -0.4 is 0 Å². The molecule has 1 fully saturated rings. The highest BCUT2D eigenvalue weighted by Gasteiger charge is 2.33. The fraction of sp³-hybridized carbons (Fsp3) is 0.429. The van der Waals surface area contributed by atoms with Gasteiger partial charge in [-0.25, -0.2) is 0 Å². The molecule has 0 saturated carbocycles. The van der Waals surface area contributed by atoms with Crippen molar-refractivity contribution in [3.8, 4) is 0 Å². The van der Waals surface area contributed by atoms with E-state index in [1.165, 1.54) is 0 Å². The van der Waals surface area contributed by atoms with Crippen molar-refractivity contribution in [1.82, 2.24) is 4.90 Å². The van der Waals surface area contributed by atoms with E-state index in [9.17, 15) is 9.59 Å². The van der Waals surface area contributed by atoms with Gasteiger partial charge in [0.15, 0.2) is 0 Å². The Labute approximate surface area is 139 Å². The lowest BCUT2D eigenvalue weighted by Crippen LogP contribution is -2.46. The number of carbonyl (C=O) groups is 2. The molecule has 0 radical (unpaired) electrons. The van der Waals surface area contributed by atoms with Crippen molar-refractivity contribution in [2.24, 2.45) is 5.92 Å². The van der Waals surface area contributed by atoms with Crippen LogP contribution in [-0.4, -0.2) is 34.5 Å². The van der Waals surface area contributed by atoms with Crippen LogP contribution in [0.3, 0.4) is 0 Å². The quantitative estimate of drug-likeness (QED) is 0.701. The number of hydrogen-bond donors (Lipinski definition) is 1. The van der Waals surface area contributed by atoms with E-state index in [-0.39, 0.29) is 17.9 Å². The lowest BCUT2D eigenvalue weighted by atomic mass is 9.91. The highest BCUT2D eigenvalue weighted by atomic mass is 127. The van der Waals surface area contributed by atoms with Crippen molar-refractivity contribution < 1.29 is 14.7 Å². The minimum absolute atomic E-state index is 0.0213. The van der Waals surface area contributed by atoms with Crippen molar-refractivity contribution >= 4 is 50.4 Å². The number of hydrogen-bond acceptors (Lipinski definition) is 2. The summed E-state index contributed by atoms with van der Waals surface area (Å²) in [5.74, 6) is -1.12. The average Bonchev–Trinajstić information content (AvgIpc) is 2.40. The molecule has 1 heterocycles. The molecule has 108 valence electrons. The van der Waals surface area contributed by atoms with Gasteiger partial charge in [0.2, 0.25) is 0 Å². The van der Waals surface area contributed by atoms with E-state index in [1.54, 1.807) is 4.90 Å². The summed E-state index contributed by atoms with van der Waals surface area (Å²) in [4.78, 5) is 25.4. The molecule has 0 aromatic heterocycles. The molecule has 0 aliphatic carbocycles. The maximum absolute atomic E-state index is 12.6. The molecule has 1 aromatic rings. The van der Waals surface area contributed by atoms with E-state index in [0.29, 0.717) is 24.9 Å². The number of rotatable bonds is 2. The third-order valence-corrected chi connectivity index (χ3v) is 5.08. The first-order chi connectivity index (χ1) is 9.40. The Morgan fingerprint density at radius 3 is 2.75 bits per heavy atom. The molecule has 0 bridgehead atoms. The van der Waals surface area contributed by atoms with Crippen molar-refractivity contribution in [2.45, 2.75) is 25.8 Å². The van der Waals surface area contributed by atoms with Crippen molar-refractivity contribution in [3.05, 3.63) is 31.8 Å². The highest BCUT2D eigenvalue weighted by molar-refractivity contribution is 14.1. The lowest BCUT2D eigenvalue weighted by Gasteiger charge is -2.36. The van der Waals surface area contributed by atoms with Crippen LogP contribution in [0.25, 0.3) is 0 Å². The van der Waals surface area contributed by atoms with Gasteiger partial charge in [-0.1, -0.05) is 15.9 Å². The van der Waals surface area contributed by atoms with Gasteiger partial charge in [-0.2, -0.15) is 0 Å². The predicted octanol–water partition coefficient (Wildman–Crippen LogP) is 3.38. The number of likely N-dealkylation sites (tertiary alicyclic amines) is 1. The molecule has 2 rings (SSSR count). The summed E-state index contributed by atoms with van der Waals surface area (Å²) >= 11 is 5.53. The monoisotopic (exact) mass is 451 g/mol. The largest absolute Gasteiger partial charge is 0.481 e. The third kappa shape index (κ3) is 3.33. The molecule has 4 nitrogen and oxygen atoms in total. The number of benzene rings is 1. The summed E-state index contributed by atoms with van der Waals surface area (Å²) in [6.45, 7) is 2.41. The minimum atomic E-state index is -0.763. The zero-order valence-corrected chi connectivity index (χ0v) is 14.7. The standard InChI is InChI=1S/C14H15BrINO3/c1-8-6-9(14(19)20)4-5-17(8)13(18)11-7-10(15)2-3-12(11)16/h2-3,7-9H,4-6H2,1H3,(H,19,20). The van der Waals surface area contributed by atoms with Gasteiger partial charge < -0.3 is 10.0 Å². The number of carbonyl (C=O) groups excluding carboxylic acids is 1. The van der Waals surface area contributed by atoms with Crippen LogP contribution in [0.5, 0.6) is 0 Å². The number of carboxylic acid groups (broad SMARTS) is 1. The van der Waals surface area contributed by atoms with Gasteiger partial charge in [0.25, 0.3) is 5.91 Å². The average molecular weight is 452 g/mol. The molecule has 1 amide bonds. The molecule has 2 atom stereocenters. The topological polar surface area (TPSA) is 57.6 Å². The van der Waals surface area contributed by atoms with Crippen LogP contribution in [0.2, 0.25) is 0 Å². The van der Waals surface area contributed by atoms with Gasteiger partial charge in [0.1, 0.15) is 0 Å². The number of carboxylic acids is 1. The van der Waals surface area contributed by atoms with E-state index in [0.717, 1.165) is 8.04 Å². The van der Waals surface area contributed by atoms with Crippen molar-refractivity contribution in [2.75, 3.05) is 6.54 Å². The van der Waals surface area contributed by atoms with Crippen LogP contribution in [0.1, 0.15) is 30.1 Å². The molecule has 1 aromatic carbocycles. The second kappa shape index (κ2) is 6.43. The number of amides is 1. The Kier molecular flexibility index (Phi) is 5.06. The molecule has 1 saturated heterocycles. The fourth-order valence-corrected chi connectivity index (χ4v) is 3.44. The first kappa shape index (κ1) is 15.8. The maximum atomic E-state index is 12.6. The van der Waals surface area contributed by atoms with Crippen LogP contribution in [0.4, 0.5) is 0 Å². The molecule has 1 aliphatic rings. The van der Waals surface area contributed by atoms with Gasteiger partial charge in [0.05, 0.1) is 11.5 Å². The van der Waals surface area contributed by atoms with Crippen LogP contribution >= 0.6 is 38.5 Å². The summed E-state index contributed by atoms with van der Waals surface area (Å²) in [6.07, 6.45) is 1.04. The molecule has 20 heavy (non-hydrogen) atoms. The van der Waals surface area contributed by atoms with Gasteiger partial charge in [-0.15, -0.1) is 0 Å². The first-order valence-electron chi connectivity index (χ1n) is 6.39. The predicted molar refractivity (Wildman–Crippen MR) is 87.7 cm³/mol. The molecule has 1 N–H and O–H groups in total. The Morgan fingerprint density at radius 1 is 1.45 bits per heavy atom. The van der Waals surface area contributed by atoms with E-state index < -0.39 is 5.97 Å². The molecule has 2 unspecified atom stereocenters. The van der Waals surface area contributed by atoms with Gasteiger partial charge >= 0.3 is 5.97 Å². The minimum Gasteiger partial charge on any atom is -0.481 e. The normalized spacial score (nSPS) is 22.6. The van der Waals surface area contributed by atoms with E-state index in [1.807, 2.05) is 25.1 Å². The Hall–Kier alpha value is -0.630. The molecular formula is C14H15BrINO3. The number of piperidine rings is 1. The Morgan fingerprint density at radius 2 is 2.15 bits per heavy atom. The van der Waals surface area contributed by atoms with Crippen molar-refractivity contribution in [3.63, 3.8) is 0 Å². The van der Waals surface area contributed by atoms with Gasteiger partial charge in [-0.05, 0) is 60.6 Å². The van der Waals surface area contributed by atoms with Crippen molar-refractivity contribution in [1.29, 1.82) is 0 Å². The zero-order valence-electron chi connectivity index (χ0n) is 11.0. The van der Waals surface area contributed by atoms with Crippen LogP contribution in [0.15, 0.2) is 22.7 Å². The summed E-state index contributed by atoms with van der Waals surface area (Å²) < 4.78 is 1.78. The number of nitrogens with zero attached hydrogens (tertiary/aromatic N) is 1. The second-order valence-electron chi connectivity index (χ2n) is 5.03. The van der Waals surface area contributed by atoms with Crippen LogP contribution in [0, 0.1) is 9.49 Å². The Bertz CT molecular complexity index is 549. The lowest BCUT2D eigenvalue weighted by molar-refractivity contribution is -0.143. The number of aliphatic carboxylic acids is 1. The SMILES string of the molecule is CC1CC(C(=O)O)CCN1C(=O)c1cc(Br)ccc1I. The number of halogens is 2. The smallest absolute Gasteiger partial charge is 0.306 e. The van der Waals surface area contributed by atoms with Gasteiger partial charge in [-0.3, -0.25) is 9.59 Å². The Balaban J connectivity index is 2.18. The first-order valence-corrected chi connectivity index (χ1v) is 8.26.